The molecule has 1 aromatic heterocycles. The number of rotatable bonds is 5. The third-order valence-corrected chi connectivity index (χ3v) is 4.88. The molecule has 22 heavy (non-hydrogen) atoms. The minimum atomic E-state index is 0.296. The minimum Gasteiger partial charge on any atom is -0.424 e. The van der Waals surface area contributed by atoms with Crippen molar-refractivity contribution in [2.45, 2.75) is 70.9 Å². The van der Waals surface area contributed by atoms with Crippen LogP contribution in [0.3, 0.4) is 0 Å². The van der Waals surface area contributed by atoms with Gasteiger partial charge in [-0.3, -0.25) is 4.90 Å². The highest BCUT2D eigenvalue weighted by atomic mass is 16.5. The maximum absolute atomic E-state index is 5.98. The average molecular weight is 307 g/mol. The Morgan fingerprint density at radius 2 is 2.00 bits per heavy atom. The van der Waals surface area contributed by atoms with Gasteiger partial charge in [0, 0.05) is 19.0 Å². The predicted octanol–water partition coefficient (Wildman–Crippen LogP) is 3.36. The highest BCUT2D eigenvalue weighted by molar-refractivity contribution is 4.88. The molecule has 2 fully saturated rings. The molecule has 2 heterocycles. The third-order valence-electron chi connectivity index (χ3n) is 4.88. The van der Waals surface area contributed by atoms with Crippen molar-refractivity contribution < 1.29 is 9.15 Å². The molecule has 1 aliphatic carbocycles. The van der Waals surface area contributed by atoms with Crippen LogP contribution in [-0.4, -0.2) is 40.9 Å². The maximum Gasteiger partial charge on any atom is 0.230 e. The molecule has 5 nitrogen and oxygen atoms in total. The van der Waals surface area contributed by atoms with Crippen LogP contribution in [0.5, 0.6) is 0 Å². The van der Waals surface area contributed by atoms with Crippen molar-refractivity contribution in [2.24, 2.45) is 5.92 Å². The van der Waals surface area contributed by atoms with Crippen LogP contribution in [0.4, 0.5) is 0 Å². The van der Waals surface area contributed by atoms with Crippen molar-refractivity contribution in [3.8, 4) is 0 Å². The second-order valence-electron chi connectivity index (χ2n) is 7.16. The maximum atomic E-state index is 5.98. The Kier molecular flexibility index (Phi) is 5.47. The van der Waals surface area contributed by atoms with Gasteiger partial charge in [-0.05, 0) is 12.3 Å². The lowest BCUT2D eigenvalue weighted by atomic mass is 9.85. The molecular formula is C17H29N3O2. The number of hydrogen-bond donors (Lipinski definition) is 0. The van der Waals surface area contributed by atoms with Gasteiger partial charge in [0.1, 0.15) is 0 Å². The van der Waals surface area contributed by atoms with Crippen LogP contribution in [0.1, 0.15) is 70.1 Å². The molecule has 1 aliphatic heterocycles. The predicted molar refractivity (Wildman–Crippen MR) is 84.6 cm³/mol. The molecule has 2 aliphatic rings. The van der Waals surface area contributed by atoms with Crippen LogP contribution in [0.25, 0.3) is 0 Å². The second kappa shape index (κ2) is 7.55. The van der Waals surface area contributed by atoms with E-state index in [-0.39, 0.29) is 0 Å². The van der Waals surface area contributed by atoms with Crippen LogP contribution in [0.15, 0.2) is 4.42 Å². The summed E-state index contributed by atoms with van der Waals surface area (Å²) in [5.41, 5.74) is 0. The first-order valence-corrected chi connectivity index (χ1v) is 8.87. The van der Waals surface area contributed by atoms with Gasteiger partial charge in [-0.15, -0.1) is 10.2 Å². The Morgan fingerprint density at radius 3 is 2.73 bits per heavy atom. The number of morpholine rings is 1. The van der Waals surface area contributed by atoms with E-state index in [0.717, 1.165) is 43.9 Å². The zero-order chi connectivity index (χ0) is 15.4. The van der Waals surface area contributed by atoms with E-state index in [0.29, 0.717) is 12.0 Å². The lowest BCUT2D eigenvalue weighted by Gasteiger charge is -2.34. The van der Waals surface area contributed by atoms with Crippen molar-refractivity contribution in [2.75, 3.05) is 19.7 Å². The van der Waals surface area contributed by atoms with E-state index in [2.05, 4.69) is 28.9 Å². The summed E-state index contributed by atoms with van der Waals surface area (Å²) in [5, 5.41) is 8.29. The monoisotopic (exact) mass is 307 g/mol. The van der Waals surface area contributed by atoms with E-state index in [1.54, 1.807) is 0 Å². The summed E-state index contributed by atoms with van der Waals surface area (Å²) < 4.78 is 11.7. The van der Waals surface area contributed by atoms with E-state index < -0.39 is 0 Å². The van der Waals surface area contributed by atoms with Crippen molar-refractivity contribution in [1.29, 1.82) is 0 Å². The lowest BCUT2D eigenvalue weighted by molar-refractivity contribution is -0.0459. The van der Waals surface area contributed by atoms with E-state index >= 15 is 0 Å². The summed E-state index contributed by atoms with van der Waals surface area (Å²) in [6.07, 6.45) is 8.61. The average Bonchev–Trinajstić information content (AvgIpc) is 2.97. The zero-order valence-corrected chi connectivity index (χ0v) is 14.0. The Bertz CT molecular complexity index is 455. The molecule has 124 valence electrons. The number of hydrogen-bond acceptors (Lipinski definition) is 5. The summed E-state index contributed by atoms with van der Waals surface area (Å²) >= 11 is 0. The van der Waals surface area contributed by atoms with Crippen LogP contribution >= 0.6 is 0 Å². The first-order chi connectivity index (χ1) is 10.7. The van der Waals surface area contributed by atoms with E-state index in [9.17, 15) is 0 Å². The van der Waals surface area contributed by atoms with Crippen molar-refractivity contribution in [3.63, 3.8) is 0 Å². The SMILES string of the molecule is CC(C)c1nnc(CN2CCO[C@@H](CC3CCCCC3)C2)o1. The summed E-state index contributed by atoms with van der Waals surface area (Å²) in [5.74, 6) is 2.64. The largest absolute Gasteiger partial charge is 0.424 e. The summed E-state index contributed by atoms with van der Waals surface area (Å²) in [6, 6.07) is 0. The Balaban J connectivity index is 1.49. The van der Waals surface area contributed by atoms with E-state index in [1.165, 1.54) is 38.5 Å². The second-order valence-corrected chi connectivity index (χ2v) is 7.16. The molecule has 0 unspecified atom stereocenters. The molecular weight excluding hydrogens is 278 g/mol. The molecule has 0 amide bonds. The van der Waals surface area contributed by atoms with Gasteiger partial charge < -0.3 is 9.15 Å². The molecule has 1 atom stereocenters. The molecule has 0 aromatic carbocycles. The first-order valence-electron chi connectivity index (χ1n) is 8.87. The van der Waals surface area contributed by atoms with Gasteiger partial charge in [0.15, 0.2) is 0 Å². The summed E-state index contributed by atoms with van der Waals surface area (Å²) in [7, 11) is 0. The molecule has 0 spiro atoms. The smallest absolute Gasteiger partial charge is 0.230 e. The quantitative estimate of drug-likeness (QED) is 0.835. The standard InChI is InChI=1S/C17H29N3O2/c1-13(2)17-19-18-16(22-17)12-20-8-9-21-15(11-20)10-14-6-4-3-5-7-14/h13-15H,3-12H2,1-2H3/t15-/m0/s1. The summed E-state index contributed by atoms with van der Waals surface area (Å²) in [4.78, 5) is 2.40. The van der Waals surface area contributed by atoms with Crippen LogP contribution in [-0.2, 0) is 11.3 Å². The van der Waals surface area contributed by atoms with Crippen molar-refractivity contribution in [3.05, 3.63) is 11.8 Å². The first kappa shape index (κ1) is 15.9. The molecule has 0 N–H and O–H groups in total. The number of nitrogens with zero attached hydrogens (tertiary/aromatic N) is 3. The number of aromatic nitrogens is 2. The normalized spacial score (nSPS) is 25.0. The highest BCUT2D eigenvalue weighted by Crippen LogP contribution is 2.29. The Hall–Kier alpha value is -0.940. The van der Waals surface area contributed by atoms with Gasteiger partial charge in [0.05, 0.1) is 19.3 Å². The molecule has 0 bridgehead atoms. The topological polar surface area (TPSA) is 51.4 Å². The Labute approximate surface area is 133 Å². The van der Waals surface area contributed by atoms with Crippen LogP contribution in [0.2, 0.25) is 0 Å². The van der Waals surface area contributed by atoms with Crippen LogP contribution in [0, 0.1) is 5.92 Å². The van der Waals surface area contributed by atoms with Gasteiger partial charge in [-0.1, -0.05) is 46.0 Å². The molecule has 5 heteroatoms. The van der Waals surface area contributed by atoms with Gasteiger partial charge in [0.25, 0.3) is 0 Å². The fourth-order valence-corrected chi connectivity index (χ4v) is 3.62. The fraction of sp³-hybridized carbons (Fsp3) is 0.882. The fourth-order valence-electron chi connectivity index (χ4n) is 3.62. The number of ether oxygens (including phenoxy) is 1. The summed E-state index contributed by atoms with van der Waals surface area (Å²) in [6.45, 7) is 7.68. The minimum absolute atomic E-state index is 0.296. The van der Waals surface area contributed by atoms with Gasteiger partial charge >= 0.3 is 0 Å². The molecule has 0 radical (unpaired) electrons. The van der Waals surface area contributed by atoms with Gasteiger partial charge in [-0.2, -0.15) is 0 Å². The molecule has 1 saturated heterocycles. The van der Waals surface area contributed by atoms with E-state index in [4.69, 9.17) is 9.15 Å². The van der Waals surface area contributed by atoms with Gasteiger partial charge in [0.2, 0.25) is 11.8 Å². The molecule has 1 aromatic rings. The highest BCUT2D eigenvalue weighted by Gasteiger charge is 2.25. The van der Waals surface area contributed by atoms with Gasteiger partial charge in [-0.25, -0.2) is 0 Å². The molecule has 1 saturated carbocycles. The van der Waals surface area contributed by atoms with Crippen LogP contribution < -0.4 is 0 Å². The van der Waals surface area contributed by atoms with Crippen molar-refractivity contribution in [1.82, 2.24) is 15.1 Å². The lowest BCUT2D eigenvalue weighted by Crippen LogP contribution is -2.42. The Morgan fingerprint density at radius 1 is 1.18 bits per heavy atom. The van der Waals surface area contributed by atoms with Crippen molar-refractivity contribution >= 4 is 0 Å². The zero-order valence-electron chi connectivity index (χ0n) is 14.0. The van der Waals surface area contributed by atoms with E-state index in [1.807, 2.05) is 0 Å². The molecule has 3 rings (SSSR count). The third kappa shape index (κ3) is 4.29.